The van der Waals surface area contributed by atoms with Crippen LogP contribution in [0.3, 0.4) is 0 Å². The van der Waals surface area contributed by atoms with Crippen LogP contribution in [0.1, 0.15) is 6.92 Å². The molecule has 7 heteroatoms. The van der Waals surface area contributed by atoms with Crippen LogP contribution in [0, 0.1) is 0 Å². The molecule has 2 aromatic rings. The first-order valence-corrected chi connectivity index (χ1v) is 7.89. The van der Waals surface area contributed by atoms with Crippen LogP contribution < -0.4 is 5.32 Å². The minimum absolute atomic E-state index is 0.0305. The van der Waals surface area contributed by atoms with Crippen molar-refractivity contribution < 1.29 is 15.0 Å². The molecular formula is C13H16N2O3S2. The molecule has 1 aromatic carbocycles. The van der Waals surface area contributed by atoms with E-state index in [9.17, 15) is 9.90 Å². The summed E-state index contributed by atoms with van der Waals surface area (Å²) >= 11 is 2.91. The number of amides is 1. The van der Waals surface area contributed by atoms with Crippen LogP contribution in [0.25, 0.3) is 10.2 Å². The average Bonchev–Trinajstić information content (AvgIpc) is 2.86. The third-order valence-corrected chi connectivity index (χ3v) is 4.79. The molecule has 1 unspecified atom stereocenters. The Kier molecular flexibility index (Phi) is 4.98. The molecule has 0 aliphatic rings. The first-order valence-electron chi connectivity index (χ1n) is 6.08. The molecule has 1 amide bonds. The highest BCUT2D eigenvalue weighted by Gasteiger charge is 2.19. The van der Waals surface area contributed by atoms with E-state index in [4.69, 9.17) is 5.11 Å². The number of nitrogens with one attached hydrogen (secondary N) is 1. The first-order chi connectivity index (χ1) is 9.50. The number of fused-ring (bicyclic) bond motifs is 1. The van der Waals surface area contributed by atoms with Gasteiger partial charge in [0.2, 0.25) is 5.91 Å². The molecular weight excluding hydrogens is 296 g/mol. The lowest BCUT2D eigenvalue weighted by atomic mass is 10.1. The number of benzene rings is 1. The third-order valence-electron chi connectivity index (χ3n) is 2.61. The topological polar surface area (TPSA) is 82.5 Å². The van der Waals surface area contributed by atoms with E-state index in [0.29, 0.717) is 0 Å². The summed E-state index contributed by atoms with van der Waals surface area (Å²) in [7, 11) is 0. The maximum Gasteiger partial charge on any atom is 0.230 e. The second-order valence-corrected chi connectivity index (χ2v) is 6.92. The molecule has 0 saturated carbocycles. The van der Waals surface area contributed by atoms with Gasteiger partial charge in [0, 0.05) is 6.54 Å². The van der Waals surface area contributed by atoms with E-state index in [0.717, 1.165) is 14.6 Å². The third kappa shape index (κ3) is 4.17. The predicted molar refractivity (Wildman–Crippen MR) is 81.1 cm³/mol. The summed E-state index contributed by atoms with van der Waals surface area (Å²) in [4.78, 5) is 16.1. The first kappa shape index (κ1) is 15.2. The molecule has 1 aromatic heterocycles. The number of aliphatic hydroxyl groups is 2. The normalized spacial score (nSPS) is 14.2. The van der Waals surface area contributed by atoms with Crippen molar-refractivity contribution in [3.63, 3.8) is 0 Å². The summed E-state index contributed by atoms with van der Waals surface area (Å²) in [6.07, 6.45) is 0. The summed E-state index contributed by atoms with van der Waals surface area (Å²) in [6.45, 7) is 1.11. The highest BCUT2D eigenvalue weighted by molar-refractivity contribution is 8.01. The second-order valence-electron chi connectivity index (χ2n) is 4.67. The van der Waals surface area contributed by atoms with E-state index in [1.807, 2.05) is 24.3 Å². The van der Waals surface area contributed by atoms with Gasteiger partial charge in [0.15, 0.2) is 4.34 Å². The van der Waals surface area contributed by atoms with Crippen molar-refractivity contribution in [1.82, 2.24) is 10.3 Å². The monoisotopic (exact) mass is 312 g/mol. The number of rotatable bonds is 6. The summed E-state index contributed by atoms with van der Waals surface area (Å²) in [5.41, 5.74) is -0.348. The molecule has 108 valence electrons. The molecule has 3 N–H and O–H groups in total. The van der Waals surface area contributed by atoms with Crippen LogP contribution in [0.4, 0.5) is 0 Å². The smallest absolute Gasteiger partial charge is 0.230 e. The van der Waals surface area contributed by atoms with Crippen LogP contribution in [-0.4, -0.2) is 45.6 Å². The Morgan fingerprint density at radius 3 is 2.95 bits per heavy atom. The van der Waals surface area contributed by atoms with Gasteiger partial charge in [-0.1, -0.05) is 23.9 Å². The maximum absolute atomic E-state index is 11.6. The number of aliphatic hydroxyl groups excluding tert-OH is 1. The van der Waals surface area contributed by atoms with E-state index in [1.165, 1.54) is 18.7 Å². The molecule has 0 saturated heterocycles. The zero-order chi connectivity index (χ0) is 14.6. The predicted octanol–water partition coefficient (Wildman–Crippen LogP) is 1.25. The van der Waals surface area contributed by atoms with Gasteiger partial charge in [-0.25, -0.2) is 4.98 Å². The Morgan fingerprint density at radius 2 is 2.25 bits per heavy atom. The minimum Gasteiger partial charge on any atom is -0.393 e. The molecule has 0 spiro atoms. The van der Waals surface area contributed by atoms with Gasteiger partial charge in [-0.05, 0) is 19.1 Å². The molecule has 0 radical (unpaired) electrons. The lowest BCUT2D eigenvalue weighted by Gasteiger charge is -2.20. The van der Waals surface area contributed by atoms with Crippen molar-refractivity contribution in [3.8, 4) is 0 Å². The molecule has 5 nitrogen and oxygen atoms in total. The lowest BCUT2D eigenvalue weighted by molar-refractivity contribution is -0.120. The maximum atomic E-state index is 11.6. The van der Waals surface area contributed by atoms with Gasteiger partial charge in [-0.3, -0.25) is 4.79 Å². The number of thiazole rings is 1. The minimum atomic E-state index is -1.28. The van der Waals surface area contributed by atoms with Crippen LogP contribution in [0.5, 0.6) is 0 Å². The van der Waals surface area contributed by atoms with Gasteiger partial charge in [-0.2, -0.15) is 0 Å². The number of hydrogen-bond donors (Lipinski definition) is 3. The van der Waals surface area contributed by atoms with Gasteiger partial charge in [0.25, 0.3) is 0 Å². The van der Waals surface area contributed by atoms with Crippen LogP contribution in [0.2, 0.25) is 0 Å². The molecule has 1 heterocycles. The van der Waals surface area contributed by atoms with Crippen molar-refractivity contribution in [2.75, 3.05) is 18.9 Å². The lowest BCUT2D eigenvalue weighted by Crippen LogP contribution is -2.43. The highest BCUT2D eigenvalue weighted by atomic mass is 32.2. The fraction of sp³-hybridized carbons (Fsp3) is 0.385. The number of hydrogen-bond acceptors (Lipinski definition) is 6. The summed E-state index contributed by atoms with van der Waals surface area (Å²) in [5.74, 6) is 0.0457. The van der Waals surface area contributed by atoms with Crippen LogP contribution in [-0.2, 0) is 4.79 Å². The van der Waals surface area contributed by atoms with Gasteiger partial charge < -0.3 is 15.5 Å². The number of para-hydroxylation sites is 1. The zero-order valence-corrected chi connectivity index (χ0v) is 12.6. The Morgan fingerprint density at radius 1 is 1.50 bits per heavy atom. The zero-order valence-electron chi connectivity index (χ0n) is 11.0. The van der Waals surface area contributed by atoms with E-state index in [1.54, 1.807) is 11.3 Å². The standard InChI is InChI=1S/C13H16N2O3S2/c1-13(18,8-16)7-14-11(17)6-19-12-15-9-4-2-3-5-10(9)20-12/h2-5,16,18H,6-8H2,1H3,(H,14,17). The average molecular weight is 312 g/mol. The summed E-state index contributed by atoms with van der Waals surface area (Å²) in [5, 5.41) is 21.0. The fourth-order valence-electron chi connectivity index (χ4n) is 1.44. The van der Waals surface area contributed by atoms with Crippen molar-refractivity contribution in [2.24, 2.45) is 0 Å². The Balaban J connectivity index is 1.84. The van der Waals surface area contributed by atoms with Gasteiger partial charge in [0.05, 0.1) is 22.6 Å². The van der Waals surface area contributed by atoms with Crippen molar-refractivity contribution in [1.29, 1.82) is 0 Å². The number of nitrogens with zero attached hydrogens (tertiary/aromatic N) is 1. The quantitative estimate of drug-likeness (QED) is 0.699. The molecule has 2 rings (SSSR count). The number of carbonyl (C=O) groups is 1. The van der Waals surface area contributed by atoms with Gasteiger partial charge in [0.1, 0.15) is 5.60 Å². The van der Waals surface area contributed by atoms with Crippen LogP contribution >= 0.6 is 23.1 Å². The number of aromatic nitrogens is 1. The molecule has 0 bridgehead atoms. The van der Waals surface area contributed by atoms with Crippen molar-refractivity contribution in [2.45, 2.75) is 16.9 Å². The Bertz CT molecular complexity index is 565. The Labute approximate surface area is 125 Å². The molecule has 20 heavy (non-hydrogen) atoms. The molecule has 1 atom stereocenters. The largest absolute Gasteiger partial charge is 0.393 e. The van der Waals surface area contributed by atoms with Gasteiger partial charge in [-0.15, -0.1) is 11.3 Å². The van der Waals surface area contributed by atoms with Crippen LogP contribution in [0.15, 0.2) is 28.6 Å². The SMILES string of the molecule is CC(O)(CO)CNC(=O)CSc1nc2ccccc2s1. The molecule has 0 aliphatic carbocycles. The highest BCUT2D eigenvalue weighted by Crippen LogP contribution is 2.28. The van der Waals surface area contributed by atoms with E-state index < -0.39 is 12.2 Å². The second kappa shape index (κ2) is 6.53. The summed E-state index contributed by atoms with van der Waals surface area (Å²) in [6, 6.07) is 7.82. The van der Waals surface area contributed by atoms with E-state index in [2.05, 4.69) is 10.3 Å². The molecule has 0 aliphatic heterocycles. The van der Waals surface area contributed by atoms with E-state index in [-0.39, 0.29) is 18.2 Å². The number of carbonyl (C=O) groups excluding carboxylic acids is 1. The van der Waals surface area contributed by atoms with Gasteiger partial charge >= 0.3 is 0 Å². The van der Waals surface area contributed by atoms with Crippen molar-refractivity contribution >= 4 is 39.2 Å². The number of thioether (sulfide) groups is 1. The summed E-state index contributed by atoms with van der Waals surface area (Å²) < 4.78 is 1.94. The van der Waals surface area contributed by atoms with Crippen molar-refractivity contribution in [3.05, 3.63) is 24.3 Å². The van der Waals surface area contributed by atoms with E-state index >= 15 is 0 Å². The fourth-order valence-corrected chi connectivity index (χ4v) is 3.33. The molecule has 0 fully saturated rings. The Hall–Kier alpha value is -1.15.